The zero-order valence-electron chi connectivity index (χ0n) is 9.54. The highest BCUT2D eigenvalue weighted by atomic mass is 35.5. The van der Waals surface area contributed by atoms with Gasteiger partial charge in [0, 0.05) is 16.8 Å². The van der Waals surface area contributed by atoms with E-state index in [-0.39, 0.29) is 6.10 Å². The lowest BCUT2D eigenvalue weighted by atomic mass is 10.3. The minimum absolute atomic E-state index is 0.104. The summed E-state index contributed by atoms with van der Waals surface area (Å²) in [5.41, 5.74) is 0.828. The number of hydrogen-bond donors (Lipinski definition) is 0. The lowest BCUT2D eigenvalue weighted by Gasteiger charge is -2.24. The molecule has 5 heteroatoms. The van der Waals surface area contributed by atoms with Crippen LogP contribution in [0.25, 0.3) is 0 Å². The van der Waals surface area contributed by atoms with Gasteiger partial charge in [-0.05, 0) is 18.2 Å². The van der Waals surface area contributed by atoms with Gasteiger partial charge in [0.05, 0.1) is 11.6 Å². The van der Waals surface area contributed by atoms with Gasteiger partial charge in [0.15, 0.2) is 11.9 Å². The molecule has 0 amide bonds. The van der Waals surface area contributed by atoms with Crippen molar-refractivity contribution < 1.29 is 4.74 Å². The fraction of sp³-hybridized carbons (Fsp3) is 0.231. The highest BCUT2D eigenvalue weighted by molar-refractivity contribution is 7.99. The molecule has 0 aliphatic carbocycles. The van der Waals surface area contributed by atoms with Crippen molar-refractivity contribution in [3.63, 3.8) is 0 Å². The predicted molar refractivity (Wildman–Crippen MR) is 72.1 cm³/mol. The molecule has 0 spiro atoms. The van der Waals surface area contributed by atoms with Crippen LogP contribution in [0.1, 0.15) is 17.6 Å². The van der Waals surface area contributed by atoms with Crippen molar-refractivity contribution in [2.45, 2.75) is 16.9 Å². The fourth-order valence-corrected chi connectivity index (χ4v) is 2.92. The second kappa shape index (κ2) is 5.16. The van der Waals surface area contributed by atoms with E-state index >= 15 is 0 Å². The van der Waals surface area contributed by atoms with E-state index < -0.39 is 0 Å². The molecule has 0 bridgehead atoms. The molecule has 1 atom stereocenters. The number of para-hydroxylation sites is 1. The summed E-state index contributed by atoms with van der Waals surface area (Å²) < 4.78 is 5.93. The summed E-state index contributed by atoms with van der Waals surface area (Å²) in [7, 11) is 0. The molecule has 0 N–H and O–H groups in total. The van der Waals surface area contributed by atoms with Crippen molar-refractivity contribution in [2.75, 3.05) is 5.75 Å². The number of alkyl halides is 1. The van der Waals surface area contributed by atoms with Gasteiger partial charge in [0.1, 0.15) is 5.75 Å². The molecule has 0 radical (unpaired) electrons. The monoisotopic (exact) mass is 278 g/mol. The van der Waals surface area contributed by atoms with Gasteiger partial charge in [-0.2, -0.15) is 0 Å². The minimum Gasteiger partial charge on any atom is -0.480 e. The third kappa shape index (κ3) is 2.31. The fourth-order valence-electron chi connectivity index (χ4n) is 1.79. The number of nitrogens with zero attached hydrogens (tertiary/aromatic N) is 2. The Kier molecular flexibility index (Phi) is 3.39. The Bertz CT molecular complexity index is 564. The summed E-state index contributed by atoms with van der Waals surface area (Å²) in [6.45, 7) is 0. The molecule has 1 aliphatic rings. The molecule has 0 fully saturated rings. The van der Waals surface area contributed by atoms with Crippen LogP contribution >= 0.6 is 23.4 Å². The molecule has 3 rings (SSSR count). The van der Waals surface area contributed by atoms with E-state index in [1.165, 1.54) is 4.90 Å². The van der Waals surface area contributed by atoms with Crippen molar-refractivity contribution in [2.24, 2.45) is 0 Å². The van der Waals surface area contributed by atoms with E-state index in [9.17, 15) is 0 Å². The maximum absolute atomic E-state index is 5.93. The molecule has 1 aliphatic heterocycles. The second-order valence-electron chi connectivity index (χ2n) is 3.90. The van der Waals surface area contributed by atoms with E-state index in [4.69, 9.17) is 16.3 Å². The second-order valence-corrected chi connectivity index (χ2v) is 5.23. The Balaban J connectivity index is 1.87. The van der Waals surface area contributed by atoms with Crippen LogP contribution in [0.2, 0.25) is 0 Å². The first kappa shape index (κ1) is 11.8. The van der Waals surface area contributed by atoms with E-state index in [2.05, 4.69) is 16.0 Å². The van der Waals surface area contributed by atoms with Gasteiger partial charge in [0.2, 0.25) is 0 Å². The zero-order valence-corrected chi connectivity index (χ0v) is 11.1. The first-order valence-corrected chi connectivity index (χ1v) is 7.15. The van der Waals surface area contributed by atoms with Gasteiger partial charge in [-0.1, -0.05) is 12.1 Å². The van der Waals surface area contributed by atoms with Gasteiger partial charge in [-0.15, -0.1) is 23.4 Å². The quantitative estimate of drug-likeness (QED) is 0.788. The third-order valence-corrected chi connectivity index (χ3v) is 4.06. The molecule has 0 saturated heterocycles. The van der Waals surface area contributed by atoms with E-state index in [1.54, 1.807) is 18.0 Å². The van der Waals surface area contributed by atoms with Crippen molar-refractivity contribution in [1.82, 2.24) is 9.97 Å². The normalized spacial score (nSPS) is 17.9. The van der Waals surface area contributed by atoms with Crippen LogP contribution in [-0.2, 0) is 5.88 Å². The highest BCUT2D eigenvalue weighted by Gasteiger charge is 2.23. The first-order chi connectivity index (χ1) is 8.86. The summed E-state index contributed by atoms with van der Waals surface area (Å²) in [6.07, 6.45) is 1.63. The van der Waals surface area contributed by atoms with Gasteiger partial charge < -0.3 is 4.74 Å². The van der Waals surface area contributed by atoms with Crippen LogP contribution in [-0.4, -0.2) is 15.7 Å². The van der Waals surface area contributed by atoms with Crippen LogP contribution in [0, 0.1) is 0 Å². The molecule has 92 valence electrons. The molecule has 1 aromatic carbocycles. The molecule has 2 heterocycles. The Labute approximate surface area is 115 Å². The Morgan fingerprint density at radius 3 is 3.11 bits per heavy atom. The first-order valence-electron chi connectivity index (χ1n) is 5.63. The maximum atomic E-state index is 5.93. The molecule has 1 unspecified atom stereocenters. The lowest BCUT2D eigenvalue weighted by molar-refractivity contribution is 0.210. The highest BCUT2D eigenvalue weighted by Crippen LogP contribution is 2.39. The minimum atomic E-state index is -0.104. The Morgan fingerprint density at radius 1 is 1.33 bits per heavy atom. The number of fused-ring (bicyclic) bond motifs is 1. The molecule has 18 heavy (non-hydrogen) atoms. The van der Waals surface area contributed by atoms with Crippen LogP contribution in [0.5, 0.6) is 5.75 Å². The van der Waals surface area contributed by atoms with Crippen molar-refractivity contribution in [1.29, 1.82) is 0 Å². The number of aromatic nitrogens is 2. The lowest BCUT2D eigenvalue weighted by Crippen LogP contribution is -2.18. The number of hydrogen-bond acceptors (Lipinski definition) is 4. The third-order valence-electron chi connectivity index (χ3n) is 2.67. The predicted octanol–water partition coefficient (Wildman–Crippen LogP) is 3.44. The summed E-state index contributed by atoms with van der Waals surface area (Å²) in [5.74, 6) is 2.82. The largest absolute Gasteiger partial charge is 0.480 e. The summed E-state index contributed by atoms with van der Waals surface area (Å²) in [4.78, 5) is 9.85. The van der Waals surface area contributed by atoms with Gasteiger partial charge in [0.25, 0.3) is 0 Å². The molecule has 3 nitrogen and oxygen atoms in total. The van der Waals surface area contributed by atoms with Crippen LogP contribution in [0.4, 0.5) is 0 Å². The maximum Gasteiger partial charge on any atom is 0.170 e. The van der Waals surface area contributed by atoms with E-state index in [1.807, 2.05) is 24.3 Å². The zero-order chi connectivity index (χ0) is 12.4. The number of ether oxygens (including phenoxy) is 1. The van der Waals surface area contributed by atoms with Crippen LogP contribution in [0.3, 0.4) is 0 Å². The number of thioether (sulfide) groups is 1. The number of rotatable bonds is 2. The van der Waals surface area contributed by atoms with Crippen molar-refractivity contribution in [3.8, 4) is 5.75 Å². The Hall–Kier alpha value is -1.26. The van der Waals surface area contributed by atoms with Gasteiger partial charge in [-0.3, -0.25) is 0 Å². The van der Waals surface area contributed by atoms with E-state index in [0.29, 0.717) is 11.7 Å². The molecule has 1 aromatic heterocycles. The topological polar surface area (TPSA) is 35.0 Å². The van der Waals surface area contributed by atoms with E-state index in [0.717, 1.165) is 17.2 Å². The summed E-state index contributed by atoms with van der Waals surface area (Å²) in [5, 5.41) is 0. The molecule has 2 aromatic rings. The SMILES string of the molecule is ClCc1ccnc(C2CSc3ccccc3O2)n1. The molecular formula is C13H11ClN2OS. The van der Waals surface area contributed by atoms with Crippen LogP contribution < -0.4 is 4.74 Å². The smallest absolute Gasteiger partial charge is 0.170 e. The van der Waals surface area contributed by atoms with Crippen molar-refractivity contribution >= 4 is 23.4 Å². The number of halogens is 1. The van der Waals surface area contributed by atoms with Gasteiger partial charge in [-0.25, -0.2) is 9.97 Å². The van der Waals surface area contributed by atoms with Crippen molar-refractivity contribution in [3.05, 3.63) is 48.0 Å². The Morgan fingerprint density at radius 2 is 2.22 bits per heavy atom. The molecular weight excluding hydrogens is 268 g/mol. The van der Waals surface area contributed by atoms with Gasteiger partial charge >= 0.3 is 0 Å². The summed E-state index contributed by atoms with van der Waals surface area (Å²) >= 11 is 7.55. The average Bonchev–Trinajstić information content (AvgIpc) is 2.47. The summed E-state index contributed by atoms with van der Waals surface area (Å²) in [6, 6.07) is 9.84. The standard InChI is InChI=1S/C13H11ClN2OS/c14-7-9-5-6-15-13(16-9)11-8-18-12-4-2-1-3-10(12)17-11/h1-6,11H,7-8H2. The molecule has 0 saturated carbocycles. The average molecular weight is 279 g/mol. The number of benzene rings is 1. The van der Waals surface area contributed by atoms with Crippen LogP contribution in [0.15, 0.2) is 41.4 Å².